The number of hydrogen-bond donors (Lipinski definition) is 2. The summed E-state index contributed by atoms with van der Waals surface area (Å²) in [6.07, 6.45) is 3.45. The van der Waals surface area contributed by atoms with Crippen LogP contribution in [0.3, 0.4) is 0 Å². The Labute approximate surface area is 222 Å². The highest BCUT2D eigenvalue weighted by Gasteiger charge is 2.28. The molecule has 1 saturated heterocycles. The fourth-order valence-electron chi connectivity index (χ4n) is 4.90. The molecule has 2 N–H and O–H groups in total. The largest absolute Gasteiger partial charge is 0.469 e. The number of hydrogen-bond acceptors (Lipinski definition) is 5. The van der Waals surface area contributed by atoms with Crippen LogP contribution in [0.2, 0.25) is 5.02 Å². The molecule has 0 aromatic heterocycles. The lowest BCUT2D eigenvalue weighted by molar-refractivity contribution is -0.140. The van der Waals surface area contributed by atoms with Crippen molar-refractivity contribution < 1.29 is 14.3 Å². The van der Waals surface area contributed by atoms with Crippen molar-refractivity contribution in [1.82, 2.24) is 4.90 Å². The summed E-state index contributed by atoms with van der Waals surface area (Å²) in [5.74, 6) is -0.417. The molecule has 37 heavy (non-hydrogen) atoms. The first-order chi connectivity index (χ1) is 18.0. The topological polar surface area (TPSA) is 70.7 Å². The number of esters is 1. The van der Waals surface area contributed by atoms with Gasteiger partial charge in [0.15, 0.2) is 0 Å². The Morgan fingerprint density at radius 2 is 1.70 bits per heavy atom. The molecule has 6 nitrogen and oxygen atoms in total. The average molecular weight is 516 g/mol. The zero-order valence-electron chi connectivity index (χ0n) is 20.9. The number of anilines is 2. The molecule has 2 aliphatic rings. The van der Waals surface area contributed by atoms with Crippen LogP contribution in [0, 0.1) is 0 Å². The number of benzene rings is 3. The quantitative estimate of drug-likeness (QED) is 0.285. The first kappa shape index (κ1) is 25.1. The molecule has 0 atom stereocenters. The Morgan fingerprint density at radius 1 is 1.00 bits per heavy atom. The van der Waals surface area contributed by atoms with Crippen molar-refractivity contribution in [3.8, 4) is 0 Å². The second-order valence-corrected chi connectivity index (χ2v) is 9.91. The number of carbonyl (C=O) groups excluding carboxylic acids is 2. The van der Waals surface area contributed by atoms with Crippen LogP contribution in [0.15, 0.2) is 66.7 Å². The van der Waals surface area contributed by atoms with Gasteiger partial charge >= 0.3 is 5.97 Å². The Hall–Kier alpha value is -3.61. The predicted octanol–water partition coefficient (Wildman–Crippen LogP) is 5.97. The highest BCUT2D eigenvalue weighted by molar-refractivity contribution is 6.38. The summed E-state index contributed by atoms with van der Waals surface area (Å²) in [5, 5.41) is 7.04. The van der Waals surface area contributed by atoms with Crippen LogP contribution in [0.5, 0.6) is 0 Å². The summed E-state index contributed by atoms with van der Waals surface area (Å²) in [6, 6.07) is 21.8. The van der Waals surface area contributed by atoms with E-state index in [1.807, 2.05) is 30.3 Å². The summed E-state index contributed by atoms with van der Waals surface area (Å²) < 4.78 is 4.75. The summed E-state index contributed by atoms with van der Waals surface area (Å²) in [7, 11) is 1.40. The highest BCUT2D eigenvalue weighted by atomic mass is 35.5. The molecule has 0 unspecified atom stereocenters. The molecule has 1 fully saturated rings. The van der Waals surface area contributed by atoms with Crippen LogP contribution in [0.1, 0.15) is 41.5 Å². The fraction of sp³-hybridized carbons (Fsp3) is 0.267. The number of carbonyl (C=O) groups is 2. The van der Waals surface area contributed by atoms with Crippen LogP contribution in [0.4, 0.5) is 11.4 Å². The molecule has 3 aromatic rings. The third kappa shape index (κ3) is 5.87. The second kappa shape index (κ2) is 11.2. The van der Waals surface area contributed by atoms with E-state index in [0.717, 1.165) is 42.0 Å². The molecule has 7 heteroatoms. The van der Waals surface area contributed by atoms with Crippen molar-refractivity contribution in [2.24, 2.45) is 0 Å². The Kier molecular flexibility index (Phi) is 7.58. The van der Waals surface area contributed by atoms with Crippen LogP contribution in [-0.2, 0) is 27.3 Å². The zero-order chi connectivity index (χ0) is 25.8. The Balaban J connectivity index is 1.46. The maximum absolute atomic E-state index is 13.2. The van der Waals surface area contributed by atoms with Gasteiger partial charge in [0.25, 0.3) is 5.91 Å². The smallest absolute Gasteiger partial charge is 0.305 e. The van der Waals surface area contributed by atoms with E-state index in [1.54, 1.807) is 12.1 Å². The first-order valence-corrected chi connectivity index (χ1v) is 13.0. The Bertz CT molecular complexity index is 1330. The maximum Gasteiger partial charge on any atom is 0.305 e. The van der Waals surface area contributed by atoms with Gasteiger partial charge in [0.1, 0.15) is 0 Å². The molecule has 0 bridgehead atoms. The number of nitrogens with one attached hydrogen (secondary N) is 2. The number of aryl methyl sites for hydroxylation is 1. The van der Waals surface area contributed by atoms with E-state index in [1.165, 1.54) is 25.5 Å². The second-order valence-electron chi connectivity index (χ2n) is 9.47. The van der Waals surface area contributed by atoms with Crippen LogP contribution >= 0.6 is 11.6 Å². The number of fused-ring (bicyclic) bond motifs is 1. The number of amides is 1. The van der Waals surface area contributed by atoms with Gasteiger partial charge in [0.2, 0.25) is 0 Å². The predicted molar refractivity (Wildman–Crippen MR) is 148 cm³/mol. The molecule has 2 heterocycles. The van der Waals surface area contributed by atoms with Gasteiger partial charge in [-0.15, -0.1) is 0 Å². The first-order valence-electron chi connectivity index (χ1n) is 12.6. The molecule has 0 spiro atoms. The van der Waals surface area contributed by atoms with Gasteiger partial charge in [0, 0.05) is 29.2 Å². The van der Waals surface area contributed by atoms with Crippen molar-refractivity contribution in [3.63, 3.8) is 0 Å². The van der Waals surface area contributed by atoms with Gasteiger partial charge in [-0.3, -0.25) is 14.5 Å². The molecule has 5 rings (SSSR count). The van der Waals surface area contributed by atoms with Crippen molar-refractivity contribution >= 4 is 46.1 Å². The molecule has 0 aliphatic carbocycles. The van der Waals surface area contributed by atoms with Crippen LogP contribution in [0.25, 0.3) is 11.3 Å². The number of rotatable bonds is 8. The number of nitrogens with zero attached hydrogens (tertiary/aromatic N) is 1. The average Bonchev–Trinajstić information content (AvgIpc) is 3.53. The minimum absolute atomic E-state index is 0.180. The van der Waals surface area contributed by atoms with E-state index in [4.69, 9.17) is 16.3 Å². The van der Waals surface area contributed by atoms with Gasteiger partial charge in [0.05, 0.1) is 24.1 Å². The van der Waals surface area contributed by atoms with Gasteiger partial charge in [-0.2, -0.15) is 0 Å². The van der Waals surface area contributed by atoms with E-state index in [0.29, 0.717) is 34.8 Å². The van der Waals surface area contributed by atoms with E-state index in [2.05, 4.69) is 39.8 Å². The molecular formula is C30H30ClN3O3. The third-order valence-electron chi connectivity index (χ3n) is 6.89. The van der Waals surface area contributed by atoms with Crippen LogP contribution < -0.4 is 10.6 Å². The minimum Gasteiger partial charge on any atom is -0.469 e. The summed E-state index contributed by atoms with van der Waals surface area (Å²) >= 11 is 6.18. The normalized spacial score (nSPS) is 16.3. The number of halogens is 1. The third-order valence-corrected chi connectivity index (χ3v) is 7.13. The number of likely N-dealkylation sites (tertiary alicyclic amines) is 1. The van der Waals surface area contributed by atoms with E-state index in [-0.39, 0.29) is 11.9 Å². The molecule has 2 aliphatic heterocycles. The lowest BCUT2D eigenvalue weighted by atomic mass is 9.98. The summed E-state index contributed by atoms with van der Waals surface area (Å²) in [4.78, 5) is 27.2. The van der Waals surface area contributed by atoms with Crippen molar-refractivity contribution in [2.75, 3.05) is 30.8 Å². The minimum atomic E-state index is -0.236. The molecule has 0 saturated carbocycles. The fourth-order valence-corrected chi connectivity index (χ4v) is 5.07. The number of ether oxygens (including phenoxy) is 1. The monoisotopic (exact) mass is 515 g/mol. The van der Waals surface area contributed by atoms with E-state index in [9.17, 15) is 9.59 Å². The van der Waals surface area contributed by atoms with Crippen LogP contribution in [-0.4, -0.2) is 37.0 Å². The van der Waals surface area contributed by atoms with E-state index < -0.39 is 0 Å². The molecule has 3 aromatic carbocycles. The molecule has 1 amide bonds. The molecule has 0 radical (unpaired) electrons. The standard InChI is InChI=1S/C30H30ClN3O3/c1-37-27(35)15-8-20-4-9-22(10-5-20)29(28-25-14-11-23(31)18-26(25)33-30(28)36)32-24-12-6-21(7-13-24)19-34-16-2-3-17-34/h4-7,9-14,18,32H,2-3,8,15-17,19H2,1H3,(H,33,36)/b29-28-. The zero-order valence-corrected chi connectivity index (χ0v) is 21.6. The van der Waals surface area contributed by atoms with Crippen molar-refractivity contribution in [1.29, 1.82) is 0 Å². The van der Waals surface area contributed by atoms with Crippen molar-refractivity contribution in [2.45, 2.75) is 32.2 Å². The molecule has 190 valence electrons. The Morgan fingerprint density at radius 3 is 2.41 bits per heavy atom. The molecular weight excluding hydrogens is 486 g/mol. The lowest BCUT2D eigenvalue weighted by Crippen LogP contribution is -2.18. The van der Waals surface area contributed by atoms with Gasteiger partial charge in [-0.05, 0) is 73.3 Å². The van der Waals surface area contributed by atoms with Gasteiger partial charge in [-0.25, -0.2) is 0 Å². The maximum atomic E-state index is 13.2. The SMILES string of the molecule is COC(=O)CCc1ccc(/C(Nc2ccc(CN3CCCC3)cc2)=C2/C(=O)Nc3cc(Cl)ccc32)cc1. The summed E-state index contributed by atoms with van der Waals surface area (Å²) in [5.41, 5.74) is 6.84. The number of methoxy groups -OCH3 is 1. The highest BCUT2D eigenvalue weighted by Crippen LogP contribution is 2.39. The van der Waals surface area contributed by atoms with E-state index >= 15 is 0 Å². The van der Waals surface area contributed by atoms with Crippen molar-refractivity contribution in [3.05, 3.63) is 94.0 Å². The lowest BCUT2D eigenvalue weighted by Gasteiger charge is -2.17. The summed E-state index contributed by atoms with van der Waals surface area (Å²) in [6.45, 7) is 3.27. The van der Waals surface area contributed by atoms with Gasteiger partial charge < -0.3 is 15.4 Å². The van der Waals surface area contributed by atoms with Gasteiger partial charge in [-0.1, -0.05) is 54.1 Å².